The molecule has 9 heteroatoms. The summed E-state index contributed by atoms with van der Waals surface area (Å²) in [6.07, 6.45) is 2.89. The molecule has 168 valence electrons. The average Bonchev–Trinajstić information content (AvgIpc) is 3.19. The molecule has 0 bridgehead atoms. The number of amides is 1. The van der Waals surface area contributed by atoms with Crippen LogP contribution in [0.2, 0.25) is 0 Å². The molecule has 0 spiro atoms. The van der Waals surface area contributed by atoms with Gasteiger partial charge in [0.25, 0.3) is 0 Å². The molecule has 0 radical (unpaired) electrons. The van der Waals surface area contributed by atoms with E-state index < -0.39 is 10.0 Å². The lowest BCUT2D eigenvalue weighted by Gasteiger charge is -2.26. The smallest absolute Gasteiger partial charge is 0.243 e. The van der Waals surface area contributed by atoms with Gasteiger partial charge in [-0.2, -0.15) is 4.31 Å². The minimum Gasteiger partial charge on any atom is -0.376 e. The molecule has 2 aromatic rings. The van der Waals surface area contributed by atoms with Crippen LogP contribution in [0.4, 0.5) is 11.4 Å². The van der Waals surface area contributed by atoms with Gasteiger partial charge in [0.05, 0.1) is 21.1 Å². The fourth-order valence-corrected chi connectivity index (χ4v) is 5.95. The van der Waals surface area contributed by atoms with Crippen molar-refractivity contribution in [2.75, 3.05) is 37.4 Å². The largest absolute Gasteiger partial charge is 0.376 e. The maximum absolute atomic E-state index is 13.0. The van der Waals surface area contributed by atoms with Crippen LogP contribution in [0.25, 0.3) is 0 Å². The molecule has 0 aliphatic carbocycles. The minimum absolute atomic E-state index is 0.0335. The normalized spacial score (nSPS) is 14.9. The molecule has 2 heterocycles. The number of sulfonamides is 1. The standard InChI is InChI=1S/C22H29N3O4S2/c1-16-7-11-21(30-16)20(26)10-12-22(27)23-18-15-17(8-9-19(18)24(2)3)31(28,29)25-13-5-4-6-14-25/h7-9,11,15H,4-6,10,12-14H2,1-3H3,(H,23,27). The van der Waals surface area contributed by atoms with Crippen molar-refractivity contribution in [1.29, 1.82) is 0 Å². The Kier molecular flexibility index (Phi) is 7.51. The minimum atomic E-state index is -3.61. The molecule has 1 amide bonds. The highest BCUT2D eigenvalue weighted by Crippen LogP contribution is 2.30. The van der Waals surface area contributed by atoms with E-state index >= 15 is 0 Å². The van der Waals surface area contributed by atoms with Crippen LogP contribution in [-0.2, 0) is 14.8 Å². The van der Waals surface area contributed by atoms with Crippen molar-refractivity contribution in [2.45, 2.75) is 43.9 Å². The molecular formula is C22H29N3O4S2. The summed E-state index contributed by atoms with van der Waals surface area (Å²) in [6.45, 7) is 2.97. The van der Waals surface area contributed by atoms with E-state index in [1.807, 2.05) is 32.0 Å². The maximum atomic E-state index is 13.0. The van der Waals surface area contributed by atoms with E-state index in [1.54, 1.807) is 18.2 Å². The molecule has 1 aromatic heterocycles. The second-order valence-electron chi connectivity index (χ2n) is 7.92. The Hall–Kier alpha value is -2.23. The second kappa shape index (κ2) is 9.93. The van der Waals surface area contributed by atoms with Crippen LogP contribution in [-0.4, -0.2) is 51.6 Å². The van der Waals surface area contributed by atoms with E-state index in [1.165, 1.54) is 21.7 Å². The van der Waals surface area contributed by atoms with Gasteiger partial charge in [0.2, 0.25) is 15.9 Å². The summed E-state index contributed by atoms with van der Waals surface area (Å²) in [5.74, 6) is -0.389. The Bertz CT molecular complexity index is 1050. The quantitative estimate of drug-likeness (QED) is 0.600. The Labute approximate surface area is 188 Å². The van der Waals surface area contributed by atoms with Gasteiger partial charge in [0, 0.05) is 44.9 Å². The lowest BCUT2D eigenvalue weighted by Crippen LogP contribution is -2.35. The number of carbonyl (C=O) groups excluding carboxylic acids is 2. The molecule has 1 aliphatic rings. The van der Waals surface area contributed by atoms with Gasteiger partial charge < -0.3 is 10.2 Å². The molecule has 0 unspecified atom stereocenters. The van der Waals surface area contributed by atoms with Gasteiger partial charge in [-0.25, -0.2) is 8.42 Å². The number of carbonyl (C=O) groups is 2. The number of Topliss-reactive ketones (excluding diaryl/α,β-unsaturated/α-hetero) is 1. The van der Waals surface area contributed by atoms with Crippen LogP contribution in [0.3, 0.4) is 0 Å². The number of nitrogens with zero attached hydrogens (tertiary/aromatic N) is 2. The predicted molar refractivity (Wildman–Crippen MR) is 125 cm³/mol. The number of anilines is 2. The SMILES string of the molecule is Cc1ccc(C(=O)CCC(=O)Nc2cc(S(=O)(=O)N3CCCCC3)ccc2N(C)C)s1. The van der Waals surface area contributed by atoms with Crippen molar-refractivity contribution >= 4 is 44.4 Å². The zero-order chi connectivity index (χ0) is 22.6. The summed E-state index contributed by atoms with van der Waals surface area (Å²) >= 11 is 1.42. The number of benzene rings is 1. The number of rotatable bonds is 8. The van der Waals surface area contributed by atoms with Gasteiger partial charge in [-0.1, -0.05) is 6.42 Å². The molecule has 1 aliphatic heterocycles. The van der Waals surface area contributed by atoms with Gasteiger partial charge >= 0.3 is 0 Å². The summed E-state index contributed by atoms with van der Waals surface area (Å²) in [5, 5.41) is 2.81. The molecule has 0 saturated carbocycles. The highest BCUT2D eigenvalue weighted by atomic mass is 32.2. The van der Waals surface area contributed by atoms with Gasteiger partial charge in [-0.05, 0) is 50.1 Å². The fourth-order valence-electron chi connectivity index (χ4n) is 3.57. The topological polar surface area (TPSA) is 86.8 Å². The first-order chi connectivity index (χ1) is 14.7. The first kappa shape index (κ1) is 23.4. The van der Waals surface area contributed by atoms with Crippen molar-refractivity contribution in [3.63, 3.8) is 0 Å². The molecule has 1 saturated heterocycles. The van der Waals surface area contributed by atoms with Gasteiger partial charge in [0.15, 0.2) is 5.78 Å². The van der Waals surface area contributed by atoms with Crippen LogP contribution >= 0.6 is 11.3 Å². The van der Waals surface area contributed by atoms with Crippen LogP contribution in [0, 0.1) is 6.92 Å². The van der Waals surface area contributed by atoms with Gasteiger partial charge in [0.1, 0.15) is 0 Å². The van der Waals surface area contributed by atoms with Crippen molar-refractivity contribution < 1.29 is 18.0 Å². The molecular weight excluding hydrogens is 434 g/mol. The van der Waals surface area contributed by atoms with Crippen molar-refractivity contribution in [3.05, 3.63) is 40.1 Å². The number of piperidine rings is 1. The summed E-state index contributed by atoms with van der Waals surface area (Å²) in [6, 6.07) is 8.46. The van der Waals surface area contributed by atoms with E-state index in [0.29, 0.717) is 29.3 Å². The van der Waals surface area contributed by atoms with Crippen LogP contribution in [0.15, 0.2) is 35.2 Å². The summed E-state index contributed by atoms with van der Waals surface area (Å²) in [5.41, 5.74) is 1.12. The summed E-state index contributed by atoms with van der Waals surface area (Å²) in [4.78, 5) is 28.5. The lowest BCUT2D eigenvalue weighted by molar-refractivity contribution is -0.116. The Balaban J connectivity index is 1.74. The number of thiophene rings is 1. The molecule has 1 fully saturated rings. The zero-order valence-corrected chi connectivity index (χ0v) is 19.8. The molecule has 1 N–H and O–H groups in total. The Morgan fingerprint density at radius 1 is 1.06 bits per heavy atom. The first-order valence-corrected chi connectivity index (χ1v) is 12.6. The molecule has 1 aromatic carbocycles. The number of nitrogens with one attached hydrogen (secondary N) is 1. The Morgan fingerprint density at radius 2 is 1.77 bits per heavy atom. The fraction of sp³-hybridized carbons (Fsp3) is 0.455. The second-order valence-corrected chi connectivity index (χ2v) is 11.1. The van der Waals surface area contributed by atoms with E-state index in [0.717, 1.165) is 24.1 Å². The number of hydrogen-bond donors (Lipinski definition) is 1. The zero-order valence-electron chi connectivity index (χ0n) is 18.2. The van der Waals surface area contributed by atoms with Crippen LogP contribution < -0.4 is 10.2 Å². The lowest BCUT2D eigenvalue weighted by atomic mass is 10.1. The summed E-state index contributed by atoms with van der Waals surface area (Å²) in [7, 11) is 0.0402. The average molecular weight is 464 g/mol. The van der Waals surface area contributed by atoms with Crippen LogP contribution in [0.5, 0.6) is 0 Å². The predicted octanol–water partition coefficient (Wildman–Crippen LogP) is 3.90. The van der Waals surface area contributed by atoms with Crippen LogP contribution in [0.1, 0.15) is 46.7 Å². The van der Waals surface area contributed by atoms with Crippen molar-refractivity contribution in [3.8, 4) is 0 Å². The highest BCUT2D eigenvalue weighted by molar-refractivity contribution is 7.89. The maximum Gasteiger partial charge on any atom is 0.243 e. The van der Waals surface area contributed by atoms with E-state index in [4.69, 9.17) is 0 Å². The Morgan fingerprint density at radius 3 is 2.39 bits per heavy atom. The van der Waals surface area contributed by atoms with Crippen molar-refractivity contribution in [1.82, 2.24) is 4.31 Å². The number of ketones is 1. The summed E-state index contributed by atoms with van der Waals surface area (Å²) < 4.78 is 27.6. The third-order valence-corrected chi connectivity index (χ3v) is 8.21. The highest BCUT2D eigenvalue weighted by Gasteiger charge is 2.27. The van der Waals surface area contributed by atoms with Gasteiger partial charge in [-0.15, -0.1) is 11.3 Å². The molecule has 3 rings (SSSR count). The van der Waals surface area contributed by atoms with E-state index in [2.05, 4.69) is 5.32 Å². The number of aryl methyl sites for hydroxylation is 1. The molecule has 31 heavy (non-hydrogen) atoms. The monoisotopic (exact) mass is 463 g/mol. The van der Waals surface area contributed by atoms with Gasteiger partial charge in [-0.3, -0.25) is 9.59 Å². The third kappa shape index (κ3) is 5.72. The molecule has 7 nitrogen and oxygen atoms in total. The molecule has 0 atom stereocenters. The first-order valence-electron chi connectivity index (χ1n) is 10.4. The van der Waals surface area contributed by atoms with Crippen molar-refractivity contribution in [2.24, 2.45) is 0 Å². The number of hydrogen-bond acceptors (Lipinski definition) is 6. The third-order valence-electron chi connectivity index (χ3n) is 5.27. The van der Waals surface area contributed by atoms with E-state index in [-0.39, 0.29) is 29.4 Å². The van der Waals surface area contributed by atoms with E-state index in [9.17, 15) is 18.0 Å².